The number of amides is 1. The van der Waals surface area contributed by atoms with Gasteiger partial charge in [0.05, 0.1) is 6.54 Å². The van der Waals surface area contributed by atoms with Crippen molar-refractivity contribution in [2.45, 2.75) is 13.0 Å². The van der Waals surface area contributed by atoms with Crippen molar-refractivity contribution in [2.75, 3.05) is 18.4 Å². The van der Waals surface area contributed by atoms with E-state index < -0.39 is 5.97 Å². The molecule has 1 aliphatic rings. The van der Waals surface area contributed by atoms with Crippen LogP contribution in [0.5, 0.6) is 0 Å². The minimum Gasteiger partial charge on any atom is -0.480 e. The Kier molecular flexibility index (Phi) is 8.43. The normalized spacial score (nSPS) is 12.7. The summed E-state index contributed by atoms with van der Waals surface area (Å²) in [4.78, 5) is 25.2. The van der Waals surface area contributed by atoms with Gasteiger partial charge in [-0.25, -0.2) is 0 Å². The summed E-state index contributed by atoms with van der Waals surface area (Å²) < 4.78 is 0. The zero-order chi connectivity index (χ0) is 18.7. The number of benzene rings is 2. The second kappa shape index (κ2) is 10.1. The first-order chi connectivity index (χ1) is 12.4. The monoisotopic (exact) mass is 424 g/mol. The Morgan fingerprint density at radius 2 is 1.71 bits per heavy atom. The van der Waals surface area contributed by atoms with Crippen LogP contribution in [0.1, 0.15) is 27.0 Å². The van der Waals surface area contributed by atoms with Gasteiger partial charge in [-0.3, -0.25) is 19.9 Å². The number of nitrogens with zero attached hydrogens (tertiary/aromatic N) is 1. The second-order valence-corrected chi connectivity index (χ2v) is 6.28. The standard InChI is InChI=1S/C19H20N4O3.2ClH/c20-18(21)13-1-3-14(4-2-13)19(26)22-16-6-5-12-7-8-23(11-17(24)25)10-15(12)9-16;;/h1-6,9H,7-8,10-11H2,(H3,20,21)(H,22,26)(H,24,25);2*1H. The molecule has 0 radical (unpaired) electrons. The van der Waals surface area contributed by atoms with Gasteiger partial charge in [0.15, 0.2) is 0 Å². The van der Waals surface area contributed by atoms with E-state index in [1.807, 2.05) is 23.1 Å². The van der Waals surface area contributed by atoms with Gasteiger partial charge in [0, 0.05) is 29.9 Å². The Morgan fingerprint density at radius 1 is 1.07 bits per heavy atom. The maximum absolute atomic E-state index is 12.4. The number of fused-ring (bicyclic) bond motifs is 1. The molecule has 1 heterocycles. The predicted octanol–water partition coefficient (Wildman–Crippen LogP) is 2.51. The molecule has 5 N–H and O–H groups in total. The highest BCUT2D eigenvalue weighted by Crippen LogP contribution is 2.23. The van der Waals surface area contributed by atoms with Gasteiger partial charge in [0.1, 0.15) is 5.84 Å². The summed E-state index contributed by atoms with van der Waals surface area (Å²) in [5.41, 5.74) is 9.32. The van der Waals surface area contributed by atoms with Crippen LogP contribution in [0.3, 0.4) is 0 Å². The number of amidine groups is 1. The van der Waals surface area contributed by atoms with E-state index in [1.165, 1.54) is 5.56 Å². The number of carboxylic acid groups (broad SMARTS) is 1. The summed E-state index contributed by atoms with van der Waals surface area (Å²) in [7, 11) is 0. The van der Waals surface area contributed by atoms with E-state index in [0.717, 1.165) is 12.0 Å². The number of anilines is 1. The molecule has 3 rings (SSSR count). The van der Waals surface area contributed by atoms with Crippen LogP contribution in [-0.2, 0) is 17.8 Å². The SMILES string of the molecule is Cl.Cl.N=C(N)c1ccc(C(=O)Nc2ccc3c(c2)CN(CC(=O)O)CC3)cc1. The Bertz CT molecular complexity index is 872. The number of nitrogens with two attached hydrogens (primary N) is 1. The van der Waals surface area contributed by atoms with Gasteiger partial charge in [-0.15, -0.1) is 24.8 Å². The van der Waals surface area contributed by atoms with Crippen LogP contribution in [0.25, 0.3) is 0 Å². The number of carboxylic acids is 1. The number of aliphatic carboxylic acids is 1. The highest BCUT2D eigenvalue weighted by atomic mass is 35.5. The first-order valence-electron chi connectivity index (χ1n) is 8.24. The zero-order valence-corrected chi connectivity index (χ0v) is 16.6. The molecule has 2 aromatic carbocycles. The summed E-state index contributed by atoms with van der Waals surface area (Å²) in [6.45, 7) is 1.28. The van der Waals surface area contributed by atoms with Crippen LogP contribution in [0.15, 0.2) is 42.5 Å². The Hall–Kier alpha value is -2.61. The van der Waals surface area contributed by atoms with Crippen LogP contribution in [-0.4, -0.2) is 40.8 Å². The molecule has 0 aromatic heterocycles. The number of hydrogen-bond acceptors (Lipinski definition) is 4. The van der Waals surface area contributed by atoms with Crippen LogP contribution in [0.2, 0.25) is 0 Å². The number of carbonyl (C=O) groups excluding carboxylic acids is 1. The molecular weight excluding hydrogens is 403 g/mol. The zero-order valence-electron chi connectivity index (χ0n) is 15.0. The van der Waals surface area contributed by atoms with Crippen molar-refractivity contribution < 1.29 is 14.7 Å². The Morgan fingerprint density at radius 3 is 2.32 bits per heavy atom. The van der Waals surface area contributed by atoms with E-state index >= 15 is 0 Å². The third-order valence-corrected chi connectivity index (χ3v) is 4.37. The van der Waals surface area contributed by atoms with Gasteiger partial charge < -0.3 is 16.2 Å². The molecule has 0 aliphatic carbocycles. The fourth-order valence-electron chi connectivity index (χ4n) is 3.02. The first-order valence-corrected chi connectivity index (χ1v) is 8.24. The van der Waals surface area contributed by atoms with Gasteiger partial charge in [0.25, 0.3) is 5.91 Å². The fraction of sp³-hybridized carbons (Fsp3) is 0.211. The maximum atomic E-state index is 12.4. The average molecular weight is 425 g/mol. The summed E-state index contributed by atoms with van der Waals surface area (Å²) in [6.07, 6.45) is 0.795. The van der Waals surface area contributed by atoms with E-state index in [9.17, 15) is 9.59 Å². The lowest BCUT2D eigenvalue weighted by Gasteiger charge is -2.27. The van der Waals surface area contributed by atoms with Gasteiger partial charge in [-0.2, -0.15) is 0 Å². The van der Waals surface area contributed by atoms with Crippen LogP contribution in [0, 0.1) is 5.41 Å². The van der Waals surface area contributed by atoms with Gasteiger partial charge in [-0.05, 0) is 41.8 Å². The lowest BCUT2D eigenvalue weighted by molar-refractivity contribution is -0.138. The first kappa shape index (κ1) is 23.4. The van der Waals surface area contributed by atoms with Gasteiger partial charge in [-0.1, -0.05) is 18.2 Å². The molecule has 28 heavy (non-hydrogen) atoms. The van der Waals surface area contributed by atoms with Crippen molar-refractivity contribution in [3.63, 3.8) is 0 Å². The van der Waals surface area contributed by atoms with E-state index in [0.29, 0.717) is 29.9 Å². The van der Waals surface area contributed by atoms with Crippen molar-refractivity contribution in [1.82, 2.24) is 4.90 Å². The Labute approximate surface area is 175 Å². The number of nitrogens with one attached hydrogen (secondary N) is 2. The molecule has 0 bridgehead atoms. The van der Waals surface area contributed by atoms with E-state index in [4.69, 9.17) is 16.2 Å². The van der Waals surface area contributed by atoms with Crippen molar-refractivity contribution in [2.24, 2.45) is 5.73 Å². The third-order valence-electron chi connectivity index (χ3n) is 4.37. The lowest BCUT2D eigenvalue weighted by atomic mass is 9.99. The molecule has 1 amide bonds. The summed E-state index contributed by atoms with van der Waals surface area (Å²) in [5.74, 6) is -1.14. The lowest BCUT2D eigenvalue weighted by Crippen LogP contribution is -2.34. The maximum Gasteiger partial charge on any atom is 0.317 e. The van der Waals surface area contributed by atoms with Gasteiger partial charge >= 0.3 is 5.97 Å². The quantitative estimate of drug-likeness (QED) is 0.434. The Balaban J connectivity index is 0.00000196. The molecule has 0 saturated carbocycles. The number of halogens is 2. The highest BCUT2D eigenvalue weighted by Gasteiger charge is 2.18. The number of nitrogen functional groups attached to an aromatic ring is 1. The smallest absolute Gasteiger partial charge is 0.317 e. The molecule has 0 unspecified atom stereocenters. The van der Waals surface area contributed by atoms with Gasteiger partial charge in [0.2, 0.25) is 0 Å². The van der Waals surface area contributed by atoms with Crippen LogP contribution in [0.4, 0.5) is 5.69 Å². The second-order valence-electron chi connectivity index (χ2n) is 6.28. The largest absolute Gasteiger partial charge is 0.480 e. The molecule has 0 atom stereocenters. The summed E-state index contributed by atoms with van der Waals surface area (Å²) in [6, 6.07) is 12.2. The third kappa shape index (κ3) is 5.69. The topological polar surface area (TPSA) is 120 Å². The molecule has 9 heteroatoms. The molecule has 2 aromatic rings. The van der Waals surface area contributed by atoms with E-state index in [1.54, 1.807) is 24.3 Å². The fourth-order valence-corrected chi connectivity index (χ4v) is 3.02. The van der Waals surface area contributed by atoms with Crippen molar-refractivity contribution >= 4 is 48.2 Å². The summed E-state index contributed by atoms with van der Waals surface area (Å²) in [5, 5.41) is 19.2. The minimum atomic E-state index is -0.841. The van der Waals surface area contributed by atoms with Crippen molar-refractivity contribution in [3.05, 3.63) is 64.7 Å². The molecule has 7 nitrogen and oxygen atoms in total. The molecule has 1 aliphatic heterocycles. The van der Waals surface area contributed by atoms with Crippen molar-refractivity contribution in [1.29, 1.82) is 5.41 Å². The average Bonchev–Trinajstić information content (AvgIpc) is 2.61. The molecule has 150 valence electrons. The van der Waals surface area contributed by atoms with E-state index in [-0.39, 0.29) is 43.1 Å². The number of rotatable bonds is 5. The minimum absolute atomic E-state index is 0. The summed E-state index contributed by atoms with van der Waals surface area (Å²) >= 11 is 0. The number of hydrogen-bond donors (Lipinski definition) is 4. The van der Waals surface area contributed by atoms with E-state index in [2.05, 4.69) is 5.32 Å². The number of carbonyl (C=O) groups is 2. The van der Waals surface area contributed by atoms with Crippen LogP contribution >= 0.6 is 24.8 Å². The molecule has 0 saturated heterocycles. The molecule has 0 fully saturated rings. The molecular formula is C19H22Cl2N4O3. The van der Waals surface area contributed by atoms with Crippen LogP contribution < -0.4 is 11.1 Å². The molecule has 0 spiro atoms. The predicted molar refractivity (Wildman–Crippen MR) is 113 cm³/mol. The van der Waals surface area contributed by atoms with Crippen molar-refractivity contribution in [3.8, 4) is 0 Å². The highest BCUT2D eigenvalue weighted by molar-refractivity contribution is 6.05.